The van der Waals surface area contributed by atoms with E-state index in [2.05, 4.69) is 4.98 Å². The van der Waals surface area contributed by atoms with Gasteiger partial charge in [-0.2, -0.15) is 0 Å². The minimum absolute atomic E-state index is 0.125. The van der Waals surface area contributed by atoms with Crippen molar-refractivity contribution in [3.63, 3.8) is 0 Å². The molecule has 0 unspecified atom stereocenters. The number of aromatic nitrogens is 1. The predicted molar refractivity (Wildman–Crippen MR) is 59.0 cm³/mol. The number of ether oxygens (including phenoxy) is 1. The maximum atomic E-state index is 11.8. The summed E-state index contributed by atoms with van der Waals surface area (Å²) >= 11 is 1.07. The van der Waals surface area contributed by atoms with Crippen molar-refractivity contribution in [3.05, 3.63) is 15.6 Å². The molecular formula is C10H13F2NO3S. The van der Waals surface area contributed by atoms with Gasteiger partial charge in [-0.15, -0.1) is 11.3 Å². The van der Waals surface area contributed by atoms with E-state index in [9.17, 15) is 13.6 Å². The molecule has 0 aliphatic carbocycles. The number of nitrogens with zero attached hydrogens (tertiary/aromatic N) is 1. The number of thiazole rings is 1. The normalized spacial score (nSPS) is 11.1. The molecule has 0 saturated heterocycles. The van der Waals surface area contributed by atoms with Crippen molar-refractivity contribution < 1.29 is 23.4 Å². The Morgan fingerprint density at radius 3 is 2.76 bits per heavy atom. The summed E-state index contributed by atoms with van der Waals surface area (Å²) in [7, 11) is 0. The summed E-state index contributed by atoms with van der Waals surface area (Å²) in [5, 5.41) is 9.50. The number of hydrogen-bond donors (Lipinski definition) is 1. The highest BCUT2D eigenvalue weighted by Gasteiger charge is 2.15. The van der Waals surface area contributed by atoms with Crippen molar-refractivity contribution in [1.29, 1.82) is 0 Å². The zero-order chi connectivity index (χ0) is 12.8. The molecule has 1 heterocycles. The third-order valence-electron chi connectivity index (χ3n) is 1.97. The monoisotopic (exact) mass is 265 g/mol. The van der Waals surface area contributed by atoms with E-state index in [0.29, 0.717) is 23.5 Å². The summed E-state index contributed by atoms with van der Waals surface area (Å²) in [6, 6.07) is 0. The standard InChI is InChI=1S/C10H13F2NO3S/c1-2-6-9(10(14)15)17-8(13-6)3-4-16-5-7(11)12/h7H,2-5H2,1H3,(H,14,15). The van der Waals surface area contributed by atoms with Crippen molar-refractivity contribution in [1.82, 2.24) is 4.98 Å². The molecule has 0 radical (unpaired) electrons. The molecule has 0 aromatic carbocycles. The summed E-state index contributed by atoms with van der Waals surface area (Å²) in [4.78, 5) is 15.2. The first-order valence-corrected chi connectivity index (χ1v) is 5.94. The first-order valence-electron chi connectivity index (χ1n) is 5.12. The van der Waals surface area contributed by atoms with Gasteiger partial charge in [0, 0.05) is 6.42 Å². The van der Waals surface area contributed by atoms with Crippen molar-refractivity contribution in [2.45, 2.75) is 26.2 Å². The summed E-state index contributed by atoms with van der Waals surface area (Å²) in [5.41, 5.74) is 0.534. The fourth-order valence-electron chi connectivity index (χ4n) is 1.25. The highest BCUT2D eigenvalue weighted by Crippen LogP contribution is 2.19. The quantitative estimate of drug-likeness (QED) is 0.768. The van der Waals surface area contributed by atoms with Crippen molar-refractivity contribution in [3.8, 4) is 0 Å². The molecule has 0 aliphatic heterocycles. The number of aryl methyl sites for hydroxylation is 1. The van der Waals surface area contributed by atoms with Crippen LogP contribution in [0, 0.1) is 0 Å². The molecule has 0 spiro atoms. The molecule has 0 saturated carbocycles. The number of alkyl halides is 2. The van der Waals surface area contributed by atoms with Crippen LogP contribution in [0.15, 0.2) is 0 Å². The van der Waals surface area contributed by atoms with Crippen LogP contribution in [0.4, 0.5) is 8.78 Å². The number of carboxylic acid groups (broad SMARTS) is 1. The zero-order valence-corrected chi connectivity index (χ0v) is 10.1. The van der Waals surface area contributed by atoms with Crippen molar-refractivity contribution in [2.75, 3.05) is 13.2 Å². The van der Waals surface area contributed by atoms with E-state index in [0.717, 1.165) is 11.3 Å². The topological polar surface area (TPSA) is 59.4 Å². The Hall–Kier alpha value is -1.08. The minimum atomic E-state index is -2.48. The smallest absolute Gasteiger partial charge is 0.347 e. The van der Waals surface area contributed by atoms with E-state index in [1.807, 2.05) is 6.92 Å². The summed E-state index contributed by atoms with van der Waals surface area (Å²) in [6.45, 7) is 1.34. The van der Waals surface area contributed by atoms with E-state index in [1.54, 1.807) is 0 Å². The second-order valence-electron chi connectivity index (χ2n) is 3.26. The molecule has 1 aromatic heterocycles. The SMILES string of the molecule is CCc1nc(CCOCC(F)F)sc1C(=O)O. The fourth-order valence-corrected chi connectivity index (χ4v) is 2.22. The van der Waals surface area contributed by atoms with E-state index >= 15 is 0 Å². The average molecular weight is 265 g/mol. The second-order valence-corrected chi connectivity index (χ2v) is 4.34. The lowest BCUT2D eigenvalue weighted by Crippen LogP contribution is -2.06. The van der Waals surface area contributed by atoms with Crippen LogP contribution in [-0.2, 0) is 17.6 Å². The number of aromatic carboxylic acids is 1. The van der Waals surface area contributed by atoms with Gasteiger partial charge in [-0.25, -0.2) is 18.6 Å². The highest BCUT2D eigenvalue weighted by atomic mass is 32.1. The van der Waals surface area contributed by atoms with Crippen LogP contribution in [0.1, 0.15) is 27.3 Å². The summed E-state index contributed by atoms with van der Waals surface area (Å²) in [5.74, 6) is -1.00. The minimum Gasteiger partial charge on any atom is -0.477 e. The van der Waals surface area contributed by atoms with Gasteiger partial charge in [-0.1, -0.05) is 6.92 Å². The van der Waals surface area contributed by atoms with Gasteiger partial charge in [0.05, 0.1) is 17.3 Å². The number of rotatable bonds is 7. The third kappa shape index (κ3) is 4.35. The first-order chi connectivity index (χ1) is 8.04. The highest BCUT2D eigenvalue weighted by molar-refractivity contribution is 7.13. The molecule has 0 amide bonds. The molecule has 0 aliphatic rings. The number of hydrogen-bond acceptors (Lipinski definition) is 4. The van der Waals surface area contributed by atoms with E-state index < -0.39 is 19.0 Å². The molecule has 0 atom stereocenters. The maximum Gasteiger partial charge on any atom is 0.347 e. The van der Waals surface area contributed by atoms with Crippen LogP contribution in [-0.4, -0.2) is 35.7 Å². The third-order valence-corrected chi connectivity index (χ3v) is 3.12. The second kappa shape index (κ2) is 6.61. The van der Waals surface area contributed by atoms with Crippen molar-refractivity contribution >= 4 is 17.3 Å². The molecule has 17 heavy (non-hydrogen) atoms. The molecule has 1 aromatic rings. The molecule has 1 N–H and O–H groups in total. The Labute approximate surface area is 101 Å². The Balaban J connectivity index is 2.51. The number of carbonyl (C=O) groups is 1. The number of carboxylic acids is 1. The van der Waals surface area contributed by atoms with E-state index in [1.165, 1.54) is 0 Å². The van der Waals surface area contributed by atoms with Gasteiger partial charge in [0.15, 0.2) is 0 Å². The molecular weight excluding hydrogens is 252 g/mol. The van der Waals surface area contributed by atoms with Gasteiger partial charge in [-0.05, 0) is 6.42 Å². The lowest BCUT2D eigenvalue weighted by molar-refractivity contribution is 0.0187. The van der Waals surface area contributed by atoms with Crippen LogP contribution in [0.25, 0.3) is 0 Å². The Kier molecular flexibility index (Phi) is 5.43. The van der Waals surface area contributed by atoms with Gasteiger partial charge >= 0.3 is 5.97 Å². The summed E-state index contributed by atoms with van der Waals surface area (Å²) in [6.07, 6.45) is -1.58. The van der Waals surface area contributed by atoms with Gasteiger partial charge in [0.25, 0.3) is 6.43 Å². The maximum absolute atomic E-state index is 11.8. The van der Waals surface area contributed by atoms with Crippen molar-refractivity contribution in [2.24, 2.45) is 0 Å². The molecule has 0 bridgehead atoms. The largest absolute Gasteiger partial charge is 0.477 e. The van der Waals surface area contributed by atoms with E-state index in [-0.39, 0.29) is 11.5 Å². The summed E-state index contributed by atoms with van der Waals surface area (Å²) < 4.78 is 28.3. The van der Waals surface area contributed by atoms with Gasteiger partial charge in [0.2, 0.25) is 0 Å². The zero-order valence-electron chi connectivity index (χ0n) is 9.28. The Morgan fingerprint density at radius 2 is 2.29 bits per heavy atom. The lowest BCUT2D eigenvalue weighted by atomic mass is 10.3. The molecule has 96 valence electrons. The van der Waals surface area contributed by atoms with Gasteiger partial charge < -0.3 is 9.84 Å². The van der Waals surface area contributed by atoms with Crippen LogP contribution in [0.2, 0.25) is 0 Å². The van der Waals surface area contributed by atoms with Crippen LogP contribution in [0.3, 0.4) is 0 Å². The molecule has 0 fully saturated rings. The van der Waals surface area contributed by atoms with Crippen LogP contribution in [0.5, 0.6) is 0 Å². The molecule has 7 heteroatoms. The van der Waals surface area contributed by atoms with Gasteiger partial charge in [-0.3, -0.25) is 0 Å². The number of halogens is 2. The first kappa shape index (κ1) is 14.0. The predicted octanol–water partition coefficient (Wildman–Crippen LogP) is 2.23. The molecule has 1 rings (SSSR count). The van der Waals surface area contributed by atoms with E-state index in [4.69, 9.17) is 9.84 Å². The van der Waals surface area contributed by atoms with Crippen LogP contribution < -0.4 is 0 Å². The Morgan fingerprint density at radius 1 is 1.59 bits per heavy atom. The average Bonchev–Trinajstić information content (AvgIpc) is 2.67. The Bertz CT molecular complexity index is 382. The molecule has 4 nitrogen and oxygen atoms in total. The lowest BCUT2D eigenvalue weighted by Gasteiger charge is -2.00. The van der Waals surface area contributed by atoms with Crippen LogP contribution >= 0.6 is 11.3 Å². The fraction of sp³-hybridized carbons (Fsp3) is 0.600. The van der Waals surface area contributed by atoms with Gasteiger partial charge in [0.1, 0.15) is 11.5 Å².